The van der Waals surface area contributed by atoms with Crippen LogP contribution in [0.3, 0.4) is 0 Å². The van der Waals surface area contributed by atoms with Gasteiger partial charge in [-0.25, -0.2) is 0 Å². The van der Waals surface area contributed by atoms with Gasteiger partial charge in [-0.1, -0.05) is 0 Å². The van der Waals surface area contributed by atoms with E-state index in [1.165, 1.54) is 0 Å². The van der Waals surface area contributed by atoms with E-state index in [-0.39, 0.29) is 42.0 Å². The van der Waals surface area contributed by atoms with Crippen molar-refractivity contribution in [2.45, 2.75) is 0 Å². The summed E-state index contributed by atoms with van der Waals surface area (Å²) in [6, 6.07) is 0. The van der Waals surface area contributed by atoms with E-state index in [1.807, 2.05) is 0 Å². The van der Waals surface area contributed by atoms with Crippen molar-refractivity contribution < 1.29 is 26.2 Å². The van der Waals surface area contributed by atoms with Crippen LogP contribution in [0.25, 0.3) is 0 Å². The molecule has 30 valence electrons. The minimum Gasteiger partial charge on any atom is 0 e. The van der Waals surface area contributed by atoms with Crippen molar-refractivity contribution in [3.8, 4) is 0 Å². The third kappa shape index (κ3) is 2.73. The van der Waals surface area contributed by atoms with Gasteiger partial charge in [0.15, 0.2) is 0 Å². The first-order chi connectivity index (χ1) is 2.50. The van der Waals surface area contributed by atoms with E-state index in [9.17, 15) is 0 Å². The van der Waals surface area contributed by atoms with Gasteiger partial charge in [0.25, 0.3) is 0 Å². The summed E-state index contributed by atoms with van der Waals surface area (Å²) in [4.78, 5) is 4.57. The summed E-state index contributed by atoms with van der Waals surface area (Å²) in [5.41, 5.74) is 0. The second kappa shape index (κ2) is 4.76. The molecule has 1 rings (SSSR count). The van der Waals surface area contributed by atoms with Gasteiger partial charge < -0.3 is 0 Å². The molecule has 0 amide bonds. The first-order valence-corrected chi connectivity index (χ1v) is 5.64. The predicted molar refractivity (Wildman–Crippen MR) is 27.0 cm³/mol. The molecule has 1 heterocycles. The summed E-state index contributed by atoms with van der Waals surface area (Å²) in [6.45, 7) is 0. The second-order valence-electron chi connectivity index (χ2n) is 0.701. The van der Waals surface area contributed by atoms with Gasteiger partial charge in [-0.3, -0.25) is 0 Å². The quantitative estimate of drug-likeness (QED) is 0.404. The molecule has 0 saturated heterocycles. The molecule has 1 atom stereocenters. The summed E-state index contributed by atoms with van der Waals surface area (Å²) in [5, 5.41) is 0. The average molecular weight is 280 g/mol. The molecule has 0 aromatic rings. The molecule has 0 spiro atoms. The van der Waals surface area contributed by atoms with Crippen molar-refractivity contribution >= 4 is 34.7 Å². The maximum atomic E-state index is 3.33. The van der Waals surface area contributed by atoms with E-state index >= 15 is 0 Å². The Morgan fingerprint density at radius 2 is 2.50 bits per heavy atom. The number of hydrogen-bond donors (Lipinski definition) is 0. The van der Waals surface area contributed by atoms with Crippen LogP contribution in [0.4, 0.5) is 0 Å². The van der Waals surface area contributed by atoms with E-state index in [1.54, 1.807) is 0 Å². The zero-order valence-electron chi connectivity index (χ0n) is 3.10. The van der Waals surface area contributed by atoms with Gasteiger partial charge in [0.2, 0.25) is 0 Å². The first kappa shape index (κ1) is 7.61. The molecule has 1 unspecified atom stereocenters. The van der Waals surface area contributed by atoms with Crippen LogP contribution in [0, 0.1) is 0 Å². The summed E-state index contributed by atoms with van der Waals surface area (Å²) >= 11 is 0.729. The molecule has 0 saturated carbocycles. The minimum absolute atomic E-state index is 0. The fourth-order valence-electron chi connectivity index (χ4n) is 0.186. The fourth-order valence-corrected chi connectivity index (χ4v) is 5.03. The van der Waals surface area contributed by atoms with Gasteiger partial charge >= 0.3 is 44.4 Å². The van der Waals surface area contributed by atoms with Crippen molar-refractivity contribution in [3.05, 3.63) is 9.73 Å². The van der Waals surface area contributed by atoms with Crippen LogP contribution < -0.4 is 0 Å². The average Bonchev–Trinajstić information content (AvgIpc) is 1.76. The minimum atomic E-state index is 0. The topological polar surface area (TPSA) is 0 Å². The Morgan fingerprint density at radius 1 is 1.67 bits per heavy atom. The zero-order valence-corrected chi connectivity index (χ0v) is 9.53. The summed E-state index contributed by atoms with van der Waals surface area (Å²) in [6.07, 6.45) is 0. The van der Waals surface area contributed by atoms with E-state index < -0.39 is 0 Å². The SMILES string of the molecule is [C-]1=[As]C=C[AsH]1.[Zr]. The van der Waals surface area contributed by atoms with Crippen LogP contribution in [0.15, 0.2) is 9.73 Å². The molecule has 0 radical (unpaired) electrons. The molecule has 0 aromatic heterocycles. The van der Waals surface area contributed by atoms with E-state index in [2.05, 4.69) is 13.3 Å². The molecule has 0 aliphatic carbocycles. The molecular formula is C3H3As2Zr-. The Morgan fingerprint density at radius 3 is 2.67 bits per heavy atom. The van der Waals surface area contributed by atoms with Crippen LogP contribution in [-0.4, -0.2) is 34.7 Å². The molecular weight excluding hydrogens is 277 g/mol. The van der Waals surface area contributed by atoms with Crippen LogP contribution in [-0.2, 0) is 26.2 Å². The van der Waals surface area contributed by atoms with Crippen molar-refractivity contribution in [1.29, 1.82) is 0 Å². The molecule has 1 aliphatic rings. The predicted octanol–water partition coefficient (Wildman–Crippen LogP) is -0.754. The zero-order chi connectivity index (χ0) is 3.54. The van der Waals surface area contributed by atoms with Crippen LogP contribution in [0.5, 0.6) is 0 Å². The van der Waals surface area contributed by atoms with E-state index in [0.717, 1.165) is 0 Å². The van der Waals surface area contributed by atoms with Crippen molar-refractivity contribution in [3.63, 3.8) is 0 Å². The maximum Gasteiger partial charge on any atom is 0 e. The van der Waals surface area contributed by atoms with E-state index in [0.29, 0.717) is 15.3 Å². The molecule has 0 nitrogen and oxygen atoms in total. The van der Waals surface area contributed by atoms with Gasteiger partial charge in [-0.15, -0.1) is 0 Å². The molecule has 1 aliphatic heterocycles. The van der Waals surface area contributed by atoms with Gasteiger partial charge in [0, 0.05) is 26.2 Å². The Hall–Kier alpha value is 1.61. The van der Waals surface area contributed by atoms with Crippen LogP contribution in [0.2, 0.25) is 0 Å². The standard InChI is InChI=1S/C3H3As2.Zr/c1-2-5-3-4-1;/h1-2,4H;/q-1;. The number of rotatable bonds is 0. The molecule has 0 N–H and O–H groups in total. The smallest absolute Gasteiger partial charge is 0 e. The van der Waals surface area contributed by atoms with Crippen molar-refractivity contribution in [2.75, 3.05) is 0 Å². The van der Waals surface area contributed by atoms with Crippen LogP contribution in [0.1, 0.15) is 0 Å². The van der Waals surface area contributed by atoms with Crippen molar-refractivity contribution in [2.24, 2.45) is 0 Å². The second-order valence-corrected chi connectivity index (χ2v) is 6.08. The van der Waals surface area contributed by atoms with Gasteiger partial charge in [0.1, 0.15) is 0 Å². The maximum absolute atomic E-state index is 3.33. The Labute approximate surface area is 69.8 Å². The van der Waals surface area contributed by atoms with Crippen LogP contribution >= 0.6 is 0 Å². The summed E-state index contributed by atoms with van der Waals surface area (Å²) in [5.74, 6) is 0. The molecule has 0 aromatic carbocycles. The molecule has 3 heteroatoms. The third-order valence-corrected chi connectivity index (χ3v) is 6.32. The Kier molecular flexibility index (Phi) is 6.04. The largest absolute Gasteiger partial charge is 0 e. The Bertz CT molecular complexity index is 66.9. The fraction of sp³-hybridized carbons (Fsp3) is 0. The molecule has 0 bridgehead atoms. The molecule has 6 heavy (non-hydrogen) atoms. The number of hydrogen-bond acceptors (Lipinski definition) is 0. The van der Waals surface area contributed by atoms with Gasteiger partial charge in [-0.05, 0) is 0 Å². The normalized spacial score (nSPS) is 21.3. The summed E-state index contributed by atoms with van der Waals surface area (Å²) in [7, 11) is 0. The van der Waals surface area contributed by atoms with Gasteiger partial charge in [-0.2, -0.15) is 0 Å². The van der Waals surface area contributed by atoms with Gasteiger partial charge in [0.05, 0.1) is 0 Å². The molecule has 0 fully saturated rings. The Balaban J connectivity index is 0.000000250. The van der Waals surface area contributed by atoms with Crippen molar-refractivity contribution in [1.82, 2.24) is 0 Å². The van der Waals surface area contributed by atoms with E-state index in [4.69, 9.17) is 0 Å². The third-order valence-electron chi connectivity index (χ3n) is 0.362. The summed E-state index contributed by atoms with van der Waals surface area (Å²) < 4.78 is 3.33. The monoisotopic (exact) mass is 279 g/mol. The first-order valence-electron chi connectivity index (χ1n) is 1.35.